The molecule has 18 heavy (non-hydrogen) atoms. The van der Waals surface area contributed by atoms with E-state index in [-0.39, 0.29) is 59.1 Å². The Hall–Kier alpha value is 0.0700. The minimum Gasteiger partial charge on any atom is -0.545 e. The first-order chi connectivity index (χ1) is 7.25. The number of carbonyl (C=O) groups excluding carboxylic acids is 2. The van der Waals surface area contributed by atoms with E-state index in [0.717, 1.165) is 18.2 Å². The first kappa shape index (κ1) is 20.4. The molecule has 1 N–H and O–H groups in total. The number of benzene rings is 1. The van der Waals surface area contributed by atoms with Crippen molar-refractivity contribution in [2.45, 2.75) is 4.90 Å². The quantitative estimate of drug-likeness (QED) is 0.431. The van der Waals surface area contributed by atoms with Crippen molar-refractivity contribution in [3.05, 3.63) is 29.3 Å². The van der Waals surface area contributed by atoms with Crippen molar-refractivity contribution in [2.75, 3.05) is 0 Å². The Bertz CT molecular complexity index is 567. The summed E-state index contributed by atoms with van der Waals surface area (Å²) in [6.07, 6.45) is 0. The van der Waals surface area contributed by atoms with Crippen LogP contribution in [0, 0.1) is 0 Å². The summed E-state index contributed by atoms with van der Waals surface area (Å²) in [5.41, 5.74) is -2.01. The Morgan fingerprint density at radius 2 is 1.56 bits per heavy atom. The molecule has 0 atom stereocenters. The van der Waals surface area contributed by atoms with Gasteiger partial charge in [0.2, 0.25) is 0 Å². The van der Waals surface area contributed by atoms with Crippen LogP contribution in [0.2, 0.25) is 0 Å². The van der Waals surface area contributed by atoms with E-state index >= 15 is 0 Å². The Kier molecular flexibility index (Phi) is 8.62. The molecule has 0 amide bonds. The molecule has 0 bridgehead atoms. The van der Waals surface area contributed by atoms with E-state index in [0.29, 0.717) is 0 Å². The van der Waals surface area contributed by atoms with Gasteiger partial charge in [0.05, 0.1) is 11.9 Å². The Morgan fingerprint density at radius 1 is 1.06 bits per heavy atom. The van der Waals surface area contributed by atoms with E-state index in [2.05, 4.69) is 0 Å². The van der Waals surface area contributed by atoms with Gasteiger partial charge in [0.15, 0.2) is 0 Å². The molecule has 0 saturated carbocycles. The van der Waals surface area contributed by atoms with Gasteiger partial charge in [-0.2, -0.15) is 8.42 Å². The van der Waals surface area contributed by atoms with Crippen LogP contribution in [0.15, 0.2) is 23.1 Å². The van der Waals surface area contributed by atoms with Crippen molar-refractivity contribution in [2.24, 2.45) is 0 Å². The normalized spacial score (nSPS) is 9.83. The Morgan fingerprint density at radius 3 is 1.89 bits per heavy atom. The molecule has 0 aliphatic heterocycles. The van der Waals surface area contributed by atoms with E-state index in [1.54, 1.807) is 0 Å². The third-order valence-corrected chi connectivity index (χ3v) is 2.62. The number of rotatable bonds is 3. The number of carboxylic acids is 2. The molecule has 86 valence electrons. The number of carbonyl (C=O) groups is 2. The molecule has 0 aliphatic carbocycles. The fourth-order valence-electron chi connectivity index (χ4n) is 1.13. The molecule has 0 fully saturated rings. The van der Waals surface area contributed by atoms with Gasteiger partial charge in [-0.3, -0.25) is 4.55 Å². The molecule has 1 aromatic rings. The molecule has 0 radical (unpaired) electrons. The van der Waals surface area contributed by atoms with Crippen molar-refractivity contribution in [1.82, 2.24) is 0 Å². The van der Waals surface area contributed by atoms with Crippen molar-refractivity contribution >= 4 is 22.1 Å². The van der Waals surface area contributed by atoms with Gasteiger partial charge in [-0.15, -0.1) is 0 Å². The van der Waals surface area contributed by atoms with Crippen molar-refractivity contribution < 1.29 is 91.9 Å². The molecule has 0 unspecified atom stereocenters. The third kappa shape index (κ3) is 4.63. The summed E-state index contributed by atoms with van der Waals surface area (Å²) in [4.78, 5) is 20.1. The summed E-state index contributed by atoms with van der Waals surface area (Å²) >= 11 is 0. The van der Waals surface area contributed by atoms with Crippen LogP contribution in [-0.4, -0.2) is 24.9 Å². The molecule has 0 spiro atoms. The second-order valence-corrected chi connectivity index (χ2v) is 4.12. The van der Waals surface area contributed by atoms with E-state index in [4.69, 9.17) is 4.55 Å². The molecule has 10 heteroatoms. The number of hydrogen-bond donors (Lipinski definition) is 1. The summed E-state index contributed by atoms with van der Waals surface area (Å²) in [6.45, 7) is 0. The third-order valence-electron chi connectivity index (χ3n) is 1.73. The predicted octanol–water partition coefficient (Wildman–Crippen LogP) is -8.33. The maximum absolute atomic E-state index is 10.8. The largest absolute Gasteiger partial charge is 1.00 e. The summed E-state index contributed by atoms with van der Waals surface area (Å²) in [7, 11) is -4.85. The van der Waals surface area contributed by atoms with Gasteiger partial charge in [0.25, 0.3) is 10.1 Å². The van der Waals surface area contributed by atoms with Crippen molar-refractivity contribution in [3.63, 3.8) is 0 Å². The molecule has 0 heterocycles. The summed E-state index contributed by atoms with van der Waals surface area (Å²) in [6, 6.07) is 2.53. The standard InChI is InChI=1S/C8H6O7S.2Na/c9-7(10)4-2-1-3-5(16(13,14)15)6(4)8(11)12;;/h1-3H,(H,9,10)(H,11,12)(H,13,14,15);;/q;2*+1/p-2. The van der Waals surface area contributed by atoms with Gasteiger partial charge in [0.1, 0.15) is 4.90 Å². The molecule has 0 saturated heterocycles. The second kappa shape index (κ2) is 7.61. The summed E-state index contributed by atoms with van der Waals surface area (Å²) < 4.78 is 30.3. The minimum absolute atomic E-state index is 0. The first-order valence-corrected chi connectivity index (χ1v) is 5.22. The Balaban J connectivity index is 0. The van der Waals surface area contributed by atoms with Gasteiger partial charge in [-0.1, -0.05) is 12.1 Å². The SMILES string of the molecule is O=C([O-])c1cccc(S(=O)(=O)O)c1C(=O)[O-].[Na+].[Na+]. The summed E-state index contributed by atoms with van der Waals surface area (Å²) in [5, 5.41) is 21.1. The molecule has 1 aromatic carbocycles. The van der Waals surface area contributed by atoms with E-state index in [1.165, 1.54) is 0 Å². The van der Waals surface area contributed by atoms with Crippen molar-refractivity contribution in [3.8, 4) is 0 Å². The molecule has 1 rings (SSSR count). The molecular weight excluding hydrogens is 286 g/mol. The van der Waals surface area contributed by atoms with Crippen LogP contribution >= 0.6 is 0 Å². The molecule has 0 aliphatic rings. The van der Waals surface area contributed by atoms with Crippen LogP contribution in [0.5, 0.6) is 0 Å². The van der Waals surface area contributed by atoms with Crippen LogP contribution < -0.4 is 69.3 Å². The smallest absolute Gasteiger partial charge is 0.545 e. The van der Waals surface area contributed by atoms with Gasteiger partial charge in [-0.05, 0) is 6.07 Å². The predicted molar refractivity (Wildman–Crippen MR) is 44.9 cm³/mol. The first-order valence-electron chi connectivity index (χ1n) is 3.78. The van der Waals surface area contributed by atoms with Gasteiger partial charge in [-0.25, -0.2) is 0 Å². The minimum atomic E-state index is -4.85. The zero-order valence-electron chi connectivity index (χ0n) is 9.54. The van der Waals surface area contributed by atoms with Crippen LogP contribution in [0.4, 0.5) is 0 Å². The van der Waals surface area contributed by atoms with Gasteiger partial charge >= 0.3 is 59.1 Å². The van der Waals surface area contributed by atoms with Crippen LogP contribution in [0.1, 0.15) is 20.7 Å². The van der Waals surface area contributed by atoms with Crippen LogP contribution in [0.3, 0.4) is 0 Å². The topological polar surface area (TPSA) is 135 Å². The van der Waals surface area contributed by atoms with Crippen molar-refractivity contribution in [1.29, 1.82) is 0 Å². The average molecular weight is 290 g/mol. The maximum atomic E-state index is 10.8. The Labute approximate surface area is 147 Å². The van der Waals surface area contributed by atoms with Gasteiger partial charge in [0, 0.05) is 11.1 Å². The second-order valence-electron chi connectivity index (χ2n) is 2.73. The summed E-state index contributed by atoms with van der Waals surface area (Å²) in [5.74, 6) is -3.92. The molecular formula is C8H4Na2O7S. The van der Waals surface area contributed by atoms with Crippen LogP contribution in [-0.2, 0) is 10.1 Å². The fraction of sp³-hybridized carbons (Fsp3) is 0. The number of carboxylic acid groups (broad SMARTS) is 2. The van der Waals surface area contributed by atoms with E-state index in [1.807, 2.05) is 0 Å². The molecule has 7 nitrogen and oxygen atoms in total. The van der Waals surface area contributed by atoms with E-state index < -0.39 is 38.1 Å². The number of hydrogen-bond acceptors (Lipinski definition) is 6. The molecule has 0 aromatic heterocycles. The zero-order valence-corrected chi connectivity index (χ0v) is 14.4. The fourth-order valence-corrected chi connectivity index (χ4v) is 1.83. The monoisotopic (exact) mass is 290 g/mol. The number of aromatic carboxylic acids is 2. The zero-order chi connectivity index (χ0) is 12.5. The maximum Gasteiger partial charge on any atom is 1.00 e. The van der Waals surface area contributed by atoms with Gasteiger partial charge < -0.3 is 19.8 Å². The average Bonchev–Trinajstić information content (AvgIpc) is 2.14. The van der Waals surface area contributed by atoms with Crippen LogP contribution in [0.25, 0.3) is 0 Å². The van der Waals surface area contributed by atoms with E-state index in [9.17, 15) is 28.2 Å².